The molecule has 146 valence electrons. The smallest absolute Gasteiger partial charge is 0.258 e. The first-order valence-electron chi connectivity index (χ1n) is 9.12. The van der Waals surface area contributed by atoms with Crippen LogP contribution in [0.25, 0.3) is 0 Å². The zero-order valence-electron chi connectivity index (χ0n) is 16.6. The Kier molecular flexibility index (Phi) is 6.31. The topological polar surface area (TPSA) is 51.7 Å². The summed E-state index contributed by atoms with van der Waals surface area (Å²) in [5.41, 5.74) is 3.40. The highest BCUT2D eigenvalue weighted by Crippen LogP contribution is 2.30. The Hall–Kier alpha value is -2.86. The normalized spacial score (nSPS) is 10.6. The molecule has 1 heterocycles. The summed E-state index contributed by atoms with van der Waals surface area (Å²) >= 11 is 1.59. The van der Waals surface area contributed by atoms with Crippen molar-refractivity contribution in [3.63, 3.8) is 0 Å². The lowest BCUT2D eigenvalue weighted by molar-refractivity contribution is 0.0987. The Bertz CT molecular complexity index is 968. The van der Waals surface area contributed by atoms with Gasteiger partial charge in [0.05, 0.1) is 17.8 Å². The molecule has 5 nitrogen and oxygen atoms in total. The lowest BCUT2D eigenvalue weighted by Gasteiger charge is -2.23. The second-order valence-electron chi connectivity index (χ2n) is 6.35. The van der Waals surface area contributed by atoms with Gasteiger partial charge in [0.15, 0.2) is 11.5 Å². The van der Waals surface area contributed by atoms with E-state index in [1.54, 1.807) is 41.5 Å². The zero-order valence-corrected chi connectivity index (χ0v) is 17.4. The molecule has 0 aliphatic carbocycles. The van der Waals surface area contributed by atoms with Crippen LogP contribution >= 0.6 is 11.3 Å². The maximum absolute atomic E-state index is 13.1. The number of amides is 1. The highest BCUT2D eigenvalue weighted by atomic mass is 32.1. The van der Waals surface area contributed by atoms with Crippen LogP contribution in [0.2, 0.25) is 0 Å². The molecule has 6 heteroatoms. The van der Waals surface area contributed by atoms with Gasteiger partial charge in [0.1, 0.15) is 6.61 Å². The van der Waals surface area contributed by atoms with E-state index in [0.717, 1.165) is 22.0 Å². The van der Waals surface area contributed by atoms with Gasteiger partial charge in [0, 0.05) is 23.2 Å². The molecule has 28 heavy (non-hydrogen) atoms. The van der Waals surface area contributed by atoms with Gasteiger partial charge in [0.2, 0.25) is 0 Å². The number of ether oxygens (including phenoxy) is 2. The molecule has 3 aromatic rings. The third-order valence-electron chi connectivity index (χ3n) is 4.42. The van der Waals surface area contributed by atoms with Crippen molar-refractivity contribution in [1.82, 2.24) is 4.98 Å². The number of hydrogen-bond donors (Lipinski definition) is 0. The summed E-state index contributed by atoms with van der Waals surface area (Å²) in [4.78, 5) is 19.3. The fraction of sp³-hybridized carbons (Fsp3) is 0.273. The van der Waals surface area contributed by atoms with Crippen LogP contribution in [0.1, 0.15) is 33.5 Å². The molecule has 1 aromatic heterocycles. The first-order chi connectivity index (χ1) is 13.5. The first-order valence-corrected chi connectivity index (χ1v) is 10.0. The fourth-order valence-corrected chi connectivity index (χ4v) is 3.59. The molecular formula is C22H24N2O3S. The molecule has 0 atom stereocenters. The summed E-state index contributed by atoms with van der Waals surface area (Å²) in [5, 5.41) is 2.98. The lowest BCUT2D eigenvalue weighted by atomic mass is 10.1. The largest absolute Gasteiger partial charge is 0.493 e. The molecule has 0 fully saturated rings. The van der Waals surface area contributed by atoms with Crippen LogP contribution in [0.3, 0.4) is 0 Å². The molecule has 2 aromatic carbocycles. The van der Waals surface area contributed by atoms with Crippen molar-refractivity contribution in [2.24, 2.45) is 0 Å². The number of methoxy groups -OCH3 is 1. The maximum atomic E-state index is 13.1. The van der Waals surface area contributed by atoms with Crippen LogP contribution in [-0.2, 0) is 6.61 Å². The number of carbonyl (C=O) groups is 1. The molecule has 0 spiro atoms. The van der Waals surface area contributed by atoms with E-state index in [9.17, 15) is 4.79 Å². The van der Waals surface area contributed by atoms with Crippen molar-refractivity contribution in [3.05, 3.63) is 69.7 Å². The highest BCUT2D eigenvalue weighted by molar-refractivity contribution is 7.09. The van der Waals surface area contributed by atoms with Crippen LogP contribution in [0, 0.1) is 13.8 Å². The van der Waals surface area contributed by atoms with Gasteiger partial charge in [0.25, 0.3) is 5.91 Å². The molecule has 1 amide bonds. The molecule has 0 N–H and O–H groups in total. The molecule has 0 saturated heterocycles. The predicted octanol–water partition coefficient (Wildman–Crippen LogP) is 5.01. The summed E-state index contributed by atoms with van der Waals surface area (Å²) in [6, 6.07) is 13.1. The molecule has 0 bridgehead atoms. The van der Waals surface area contributed by atoms with Gasteiger partial charge in [-0.15, -0.1) is 11.3 Å². The monoisotopic (exact) mass is 396 g/mol. The number of carbonyl (C=O) groups excluding carboxylic acids is 1. The first kappa shape index (κ1) is 19.9. The minimum atomic E-state index is -0.0724. The number of nitrogens with zero attached hydrogens (tertiary/aromatic N) is 2. The van der Waals surface area contributed by atoms with E-state index >= 15 is 0 Å². The molecule has 0 unspecified atom stereocenters. The Morgan fingerprint density at radius 2 is 1.93 bits per heavy atom. The summed E-state index contributed by atoms with van der Waals surface area (Å²) in [7, 11) is 1.57. The molecule has 0 saturated carbocycles. The van der Waals surface area contributed by atoms with Crippen molar-refractivity contribution in [2.75, 3.05) is 18.6 Å². The Balaban J connectivity index is 1.82. The van der Waals surface area contributed by atoms with Crippen molar-refractivity contribution in [2.45, 2.75) is 27.4 Å². The third-order valence-corrected chi connectivity index (χ3v) is 5.24. The fourth-order valence-electron chi connectivity index (χ4n) is 2.99. The number of hydrogen-bond acceptors (Lipinski definition) is 5. The summed E-state index contributed by atoms with van der Waals surface area (Å²) < 4.78 is 11.3. The summed E-state index contributed by atoms with van der Waals surface area (Å²) in [6.45, 7) is 6.87. The quantitative estimate of drug-likeness (QED) is 0.563. The van der Waals surface area contributed by atoms with Gasteiger partial charge in [-0.3, -0.25) is 4.79 Å². The van der Waals surface area contributed by atoms with Gasteiger partial charge in [-0.05, 0) is 50.6 Å². The van der Waals surface area contributed by atoms with Gasteiger partial charge >= 0.3 is 0 Å². The Labute approximate surface area is 169 Å². The minimum Gasteiger partial charge on any atom is -0.493 e. The SMILES string of the molecule is CCN(C(=O)c1ccc(OCc2csc(C)n2)c(OC)c1)c1ccccc1C. The predicted molar refractivity (Wildman–Crippen MR) is 113 cm³/mol. The van der Waals surface area contributed by atoms with Crippen LogP contribution in [0.4, 0.5) is 5.69 Å². The van der Waals surface area contributed by atoms with E-state index in [0.29, 0.717) is 30.2 Å². The second-order valence-corrected chi connectivity index (χ2v) is 7.41. The lowest BCUT2D eigenvalue weighted by Crippen LogP contribution is -2.31. The van der Waals surface area contributed by atoms with Crippen molar-refractivity contribution in [1.29, 1.82) is 0 Å². The standard InChI is InChI=1S/C22H24N2O3S/c1-5-24(19-9-7-6-8-15(19)2)22(25)17-10-11-20(21(12-17)26-4)27-13-18-14-28-16(3)23-18/h6-12,14H,5,13H2,1-4H3. The third kappa shape index (κ3) is 4.34. The molecule has 0 aliphatic heterocycles. The average Bonchev–Trinajstić information content (AvgIpc) is 3.13. The Morgan fingerprint density at radius 3 is 2.57 bits per heavy atom. The van der Waals surface area contributed by atoms with E-state index in [4.69, 9.17) is 9.47 Å². The minimum absolute atomic E-state index is 0.0724. The van der Waals surface area contributed by atoms with Gasteiger partial charge in [-0.1, -0.05) is 18.2 Å². The van der Waals surface area contributed by atoms with Crippen molar-refractivity contribution in [3.8, 4) is 11.5 Å². The number of benzene rings is 2. The van der Waals surface area contributed by atoms with Crippen molar-refractivity contribution >= 4 is 22.9 Å². The Morgan fingerprint density at radius 1 is 1.14 bits per heavy atom. The molecule has 0 radical (unpaired) electrons. The summed E-state index contributed by atoms with van der Waals surface area (Å²) in [6.07, 6.45) is 0. The maximum Gasteiger partial charge on any atom is 0.258 e. The number of para-hydroxylation sites is 1. The van der Waals surface area contributed by atoms with E-state index in [2.05, 4.69) is 4.98 Å². The van der Waals surface area contributed by atoms with E-state index in [-0.39, 0.29) is 5.91 Å². The number of aryl methyl sites for hydroxylation is 2. The van der Waals surface area contributed by atoms with E-state index in [1.807, 2.05) is 50.4 Å². The average molecular weight is 397 g/mol. The van der Waals surface area contributed by atoms with Gasteiger partial charge < -0.3 is 14.4 Å². The van der Waals surface area contributed by atoms with E-state index < -0.39 is 0 Å². The number of aromatic nitrogens is 1. The zero-order chi connectivity index (χ0) is 20.1. The second kappa shape index (κ2) is 8.89. The number of thiazole rings is 1. The number of rotatable bonds is 7. The highest BCUT2D eigenvalue weighted by Gasteiger charge is 2.19. The molecule has 3 rings (SSSR count). The van der Waals surface area contributed by atoms with Gasteiger partial charge in [-0.2, -0.15) is 0 Å². The van der Waals surface area contributed by atoms with Crippen LogP contribution < -0.4 is 14.4 Å². The van der Waals surface area contributed by atoms with E-state index in [1.165, 1.54) is 0 Å². The number of anilines is 1. The van der Waals surface area contributed by atoms with Gasteiger partial charge in [-0.25, -0.2) is 4.98 Å². The molecular weight excluding hydrogens is 372 g/mol. The summed E-state index contributed by atoms with van der Waals surface area (Å²) in [5.74, 6) is 1.04. The van der Waals surface area contributed by atoms with Crippen LogP contribution in [0.5, 0.6) is 11.5 Å². The van der Waals surface area contributed by atoms with Crippen LogP contribution in [-0.4, -0.2) is 24.5 Å². The molecule has 0 aliphatic rings. The van der Waals surface area contributed by atoms with Crippen LogP contribution in [0.15, 0.2) is 47.8 Å². The van der Waals surface area contributed by atoms with Crippen molar-refractivity contribution < 1.29 is 14.3 Å².